The lowest BCUT2D eigenvalue weighted by Gasteiger charge is -2.14. The van der Waals surface area contributed by atoms with Gasteiger partial charge in [0.25, 0.3) is 17.2 Å². The maximum absolute atomic E-state index is 11.8. The number of rotatable bonds is 5. The number of H-pyrrole nitrogens is 1. The highest BCUT2D eigenvalue weighted by Gasteiger charge is 2.18. The normalized spacial score (nSPS) is 13.6. The number of hydrogen-bond acceptors (Lipinski definition) is 5. The van der Waals surface area contributed by atoms with Crippen LogP contribution in [0.1, 0.15) is 30.6 Å². The van der Waals surface area contributed by atoms with Gasteiger partial charge in [0.15, 0.2) is 0 Å². The molecule has 0 aliphatic heterocycles. The summed E-state index contributed by atoms with van der Waals surface area (Å²) in [6, 6.07) is 0.564. The lowest BCUT2D eigenvalue weighted by atomic mass is 10.1. The second-order valence-electron chi connectivity index (χ2n) is 4.32. The van der Waals surface area contributed by atoms with E-state index in [4.69, 9.17) is 5.11 Å². The Kier molecular flexibility index (Phi) is 4.76. The molecule has 2 atom stereocenters. The molecule has 0 radical (unpaired) electrons. The van der Waals surface area contributed by atoms with Crippen LogP contribution < -0.4 is 10.9 Å². The Balaban J connectivity index is 2.90. The number of nitrogens with zero attached hydrogens (tertiary/aromatic N) is 1. The molecule has 2 unspecified atom stereocenters. The number of hydrogen-bond donors (Lipinski definition) is 3. The molecule has 1 aromatic heterocycles. The Hall–Kier alpha value is -2.22. The SMILES string of the molecule is CC(O)CC(C)NC(=O)c1cc([N+](=O)[O-])c[nH]c1=O. The van der Waals surface area contributed by atoms with Crippen molar-refractivity contribution in [2.24, 2.45) is 0 Å². The summed E-state index contributed by atoms with van der Waals surface area (Å²) in [5, 5.41) is 22.2. The van der Waals surface area contributed by atoms with Crippen LogP contribution in [-0.2, 0) is 0 Å². The van der Waals surface area contributed by atoms with E-state index in [1.54, 1.807) is 13.8 Å². The van der Waals surface area contributed by atoms with Crippen LogP contribution in [-0.4, -0.2) is 33.1 Å². The topological polar surface area (TPSA) is 125 Å². The number of carbonyl (C=O) groups excluding carboxylic acids is 1. The standard InChI is InChI=1S/C11H15N3O5/c1-6(3-7(2)15)13-11(17)9-4-8(14(18)19)5-12-10(9)16/h4-7,15H,3H2,1-2H3,(H,12,16)(H,13,17). The van der Waals surface area contributed by atoms with E-state index in [0.717, 1.165) is 12.3 Å². The van der Waals surface area contributed by atoms with Gasteiger partial charge in [-0.05, 0) is 20.3 Å². The van der Waals surface area contributed by atoms with Crippen LogP contribution in [0.2, 0.25) is 0 Å². The van der Waals surface area contributed by atoms with Crippen molar-refractivity contribution in [2.75, 3.05) is 0 Å². The van der Waals surface area contributed by atoms with Gasteiger partial charge in [0.1, 0.15) is 5.56 Å². The first kappa shape index (κ1) is 14.8. The average Bonchev–Trinajstić information content (AvgIpc) is 2.27. The molecule has 8 heteroatoms. The molecule has 0 bridgehead atoms. The fourth-order valence-corrected chi connectivity index (χ4v) is 1.62. The summed E-state index contributed by atoms with van der Waals surface area (Å²) in [6.07, 6.45) is 0.649. The highest BCUT2D eigenvalue weighted by atomic mass is 16.6. The number of aromatic amines is 1. The zero-order valence-electron chi connectivity index (χ0n) is 10.5. The molecule has 0 saturated carbocycles. The smallest absolute Gasteiger partial charge is 0.286 e. The predicted octanol–water partition coefficient (Wildman–Crippen LogP) is 0.172. The van der Waals surface area contributed by atoms with E-state index in [1.807, 2.05) is 0 Å². The molecule has 1 amide bonds. The van der Waals surface area contributed by atoms with Crippen LogP contribution in [0.4, 0.5) is 5.69 Å². The molecular weight excluding hydrogens is 254 g/mol. The monoisotopic (exact) mass is 269 g/mol. The molecule has 0 saturated heterocycles. The quantitative estimate of drug-likeness (QED) is 0.519. The molecular formula is C11H15N3O5. The lowest BCUT2D eigenvalue weighted by molar-refractivity contribution is -0.385. The minimum absolute atomic E-state index is 0.318. The van der Waals surface area contributed by atoms with E-state index >= 15 is 0 Å². The van der Waals surface area contributed by atoms with Gasteiger partial charge < -0.3 is 15.4 Å². The van der Waals surface area contributed by atoms with Crippen molar-refractivity contribution in [3.8, 4) is 0 Å². The Bertz CT molecular complexity index is 537. The van der Waals surface area contributed by atoms with Crippen molar-refractivity contribution in [2.45, 2.75) is 32.4 Å². The molecule has 19 heavy (non-hydrogen) atoms. The first-order chi connectivity index (χ1) is 8.81. The van der Waals surface area contributed by atoms with E-state index in [-0.39, 0.29) is 17.3 Å². The van der Waals surface area contributed by atoms with Crippen LogP contribution in [0.25, 0.3) is 0 Å². The van der Waals surface area contributed by atoms with Crippen molar-refractivity contribution < 1.29 is 14.8 Å². The van der Waals surface area contributed by atoms with Crippen LogP contribution in [0.3, 0.4) is 0 Å². The van der Waals surface area contributed by atoms with Crippen molar-refractivity contribution in [1.82, 2.24) is 10.3 Å². The van der Waals surface area contributed by atoms with Crippen molar-refractivity contribution >= 4 is 11.6 Å². The number of aliphatic hydroxyl groups is 1. The van der Waals surface area contributed by atoms with Gasteiger partial charge in [-0.3, -0.25) is 19.7 Å². The summed E-state index contributed by atoms with van der Waals surface area (Å²) >= 11 is 0. The van der Waals surface area contributed by atoms with Crippen LogP contribution in [0.5, 0.6) is 0 Å². The summed E-state index contributed by atoms with van der Waals surface area (Å²) in [4.78, 5) is 35.3. The van der Waals surface area contributed by atoms with Gasteiger partial charge in [-0.15, -0.1) is 0 Å². The summed E-state index contributed by atoms with van der Waals surface area (Å²) in [6.45, 7) is 3.24. The third-order valence-corrected chi connectivity index (χ3v) is 2.42. The van der Waals surface area contributed by atoms with Crippen molar-refractivity contribution in [3.05, 3.63) is 38.3 Å². The number of aliphatic hydroxyl groups excluding tert-OH is 1. The molecule has 0 aliphatic carbocycles. The molecule has 0 fully saturated rings. The first-order valence-electron chi connectivity index (χ1n) is 5.67. The van der Waals surface area contributed by atoms with E-state index in [9.17, 15) is 19.7 Å². The molecule has 104 valence electrons. The summed E-state index contributed by atoms with van der Waals surface area (Å²) in [7, 11) is 0. The highest BCUT2D eigenvalue weighted by Crippen LogP contribution is 2.08. The van der Waals surface area contributed by atoms with Crippen LogP contribution in [0, 0.1) is 10.1 Å². The molecule has 3 N–H and O–H groups in total. The zero-order valence-corrected chi connectivity index (χ0v) is 10.5. The molecule has 8 nitrogen and oxygen atoms in total. The van der Waals surface area contributed by atoms with Crippen LogP contribution in [0.15, 0.2) is 17.1 Å². The lowest BCUT2D eigenvalue weighted by Crippen LogP contribution is -2.37. The summed E-state index contributed by atoms with van der Waals surface area (Å²) in [5.41, 5.74) is -1.40. The number of amides is 1. The molecule has 1 heterocycles. The Morgan fingerprint density at radius 2 is 2.21 bits per heavy atom. The van der Waals surface area contributed by atoms with Gasteiger partial charge in [0.05, 0.1) is 17.2 Å². The number of aromatic nitrogens is 1. The number of carbonyl (C=O) groups is 1. The van der Waals surface area contributed by atoms with E-state index in [1.165, 1.54) is 0 Å². The zero-order chi connectivity index (χ0) is 14.6. The number of pyridine rings is 1. The Morgan fingerprint density at radius 3 is 2.74 bits per heavy atom. The second-order valence-corrected chi connectivity index (χ2v) is 4.32. The van der Waals surface area contributed by atoms with Gasteiger partial charge in [0, 0.05) is 12.1 Å². The summed E-state index contributed by atoms with van der Waals surface area (Å²) < 4.78 is 0. The minimum Gasteiger partial charge on any atom is -0.393 e. The number of nitrogens with one attached hydrogen (secondary N) is 2. The van der Waals surface area contributed by atoms with Gasteiger partial charge in [0.2, 0.25) is 0 Å². The molecule has 0 spiro atoms. The first-order valence-corrected chi connectivity index (χ1v) is 5.67. The molecule has 1 rings (SSSR count). The predicted molar refractivity (Wildman–Crippen MR) is 66.9 cm³/mol. The van der Waals surface area contributed by atoms with Crippen molar-refractivity contribution in [3.63, 3.8) is 0 Å². The minimum atomic E-state index is -0.710. The van der Waals surface area contributed by atoms with Crippen LogP contribution >= 0.6 is 0 Å². The highest BCUT2D eigenvalue weighted by molar-refractivity contribution is 5.94. The average molecular weight is 269 g/mol. The fraction of sp³-hybridized carbons (Fsp3) is 0.455. The molecule has 0 aliphatic rings. The van der Waals surface area contributed by atoms with E-state index < -0.39 is 22.5 Å². The van der Waals surface area contributed by atoms with Gasteiger partial charge >= 0.3 is 0 Å². The van der Waals surface area contributed by atoms with E-state index in [2.05, 4.69) is 10.3 Å². The third-order valence-electron chi connectivity index (χ3n) is 2.42. The van der Waals surface area contributed by atoms with Crippen molar-refractivity contribution in [1.29, 1.82) is 0 Å². The second kappa shape index (κ2) is 6.10. The molecule has 1 aromatic rings. The Labute approximate surface area is 108 Å². The Morgan fingerprint density at radius 1 is 1.58 bits per heavy atom. The third kappa shape index (κ3) is 4.18. The van der Waals surface area contributed by atoms with Gasteiger partial charge in [-0.2, -0.15) is 0 Å². The maximum Gasteiger partial charge on any atom is 0.286 e. The fourth-order valence-electron chi connectivity index (χ4n) is 1.62. The largest absolute Gasteiger partial charge is 0.393 e. The van der Waals surface area contributed by atoms with Gasteiger partial charge in [-0.1, -0.05) is 0 Å². The maximum atomic E-state index is 11.8. The van der Waals surface area contributed by atoms with Gasteiger partial charge in [-0.25, -0.2) is 0 Å². The number of nitro groups is 1. The summed E-state index contributed by atoms with van der Waals surface area (Å²) in [5.74, 6) is -0.710. The van der Waals surface area contributed by atoms with E-state index in [0.29, 0.717) is 6.42 Å². The molecule has 0 aromatic carbocycles.